The molecular weight excluding hydrogens is 266 g/mol. The molecule has 0 aliphatic rings. The van der Waals surface area contributed by atoms with E-state index in [1.165, 1.54) is 6.33 Å². The summed E-state index contributed by atoms with van der Waals surface area (Å²) in [5, 5.41) is 2.95. The van der Waals surface area contributed by atoms with Gasteiger partial charge in [-0.25, -0.2) is 9.97 Å². The van der Waals surface area contributed by atoms with Gasteiger partial charge in [-0.15, -0.1) is 0 Å². The summed E-state index contributed by atoms with van der Waals surface area (Å²) in [6.45, 7) is 2.40. The number of benzene rings is 1. The van der Waals surface area contributed by atoms with Crippen molar-refractivity contribution in [1.82, 2.24) is 15.3 Å². The maximum atomic E-state index is 11.7. The van der Waals surface area contributed by atoms with Crippen LogP contribution in [0.15, 0.2) is 43.0 Å². The van der Waals surface area contributed by atoms with Crippen molar-refractivity contribution in [1.29, 1.82) is 0 Å². The molecule has 5 heteroatoms. The van der Waals surface area contributed by atoms with Crippen LogP contribution in [-0.4, -0.2) is 29.6 Å². The molecule has 0 aliphatic heterocycles. The summed E-state index contributed by atoms with van der Waals surface area (Å²) in [7, 11) is 1.59. The van der Waals surface area contributed by atoms with Crippen LogP contribution in [0.5, 0.6) is 0 Å². The highest BCUT2D eigenvalue weighted by Crippen LogP contribution is 2.20. The third-order valence-electron chi connectivity index (χ3n) is 3.22. The largest absolute Gasteiger partial charge is 0.384 e. The summed E-state index contributed by atoms with van der Waals surface area (Å²) in [6, 6.07) is 7.99. The molecule has 1 amide bonds. The molecule has 1 N–H and O–H groups in total. The summed E-state index contributed by atoms with van der Waals surface area (Å²) in [6.07, 6.45) is 5.44. The van der Waals surface area contributed by atoms with Crippen LogP contribution in [0.3, 0.4) is 0 Å². The summed E-state index contributed by atoms with van der Waals surface area (Å²) in [5.74, 6) is -0.00936. The fourth-order valence-electron chi connectivity index (χ4n) is 2.00. The number of ether oxygens (including phenoxy) is 1. The van der Waals surface area contributed by atoms with Gasteiger partial charge in [-0.3, -0.25) is 4.79 Å². The molecule has 1 aromatic heterocycles. The number of carbonyl (C=O) groups excluding carboxylic acids is 1. The van der Waals surface area contributed by atoms with Gasteiger partial charge in [-0.1, -0.05) is 24.3 Å². The van der Waals surface area contributed by atoms with Crippen LogP contribution in [0.25, 0.3) is 11.1 Å². The van der Waals surface area contributed by atoms with Gasteiger partial charge in [-0.05, 0) is 18.1 Å². The van der Waals surface area contributed by atoms with Gasteiger partial charge in [0.25, 0.3) is 0 Å². The van der Waals surface area contributed by atoms with Gasteiger partial charge in [0.2, 0.25) is 5.91 Å². The Morgan fingerprint density at radius 1 is 1.19 bits per heavy atom. The molecule has 5 nitrogen and oxygen atoms in total. The predicted octanol–water partition coefficient (Wildman–Crippen LogP) is 2.36. The Labute approximate surface area is 124 Å². The lowest BCUT2D eigenvalue weighted by Gasteiger charge is -2.14. The number of rotatable bonds is 6. The zero-order chi connectivity index (χ0) is 15.1. The van der Waals surface area contributed by atoms with Crippen molar-refractivity contribution in [3.63, 3.8) is 0 Å². The molecule has 2 aromatic rings. The standard InChI is InChI=1S/C16H19N3O2/c1-12(19-16(20)7-8-21-2)13-3-5-14(6-4-13)15-9-17-11-18-10-15/h3-6,9-12H,7-8H2,1-2H3,(H,19,20)/t12-/m1/s1. The molecule has 0 aliphatic carbocycles. The van der Waals surface area contributed by atoms with Crippen molar-refractivity contribution >= 4 is 5.91 Å². The predicted molar refractivity (Wildman–Crippen MR) is 80.5 cm³/mol. The lowest BCUT2D eigenvalue weighted by Crippen LogP contribution is -2.27. The van der Waals surface area contributed by atoms with E-state index in [1.807, 2.05) is 31.2 Å². The van der Waals surface area contributed by atoms with Gasteiger partial charge in [0.15, 0.2) is 0 Å². The van der Waals surface area contributed by atoms with E-state index >= 15 is 0 Å². The molecule has 2 rings (SSSR count). The SMILES string of the molecule is COCCC(=O)N[C@H](C)c1ccc(-c2cncnc2)cc1. The minimum atomic E-state index is -0.0320. The second-order valence-electron chi connectivity index (χ2n) is 4.78. The van der Waals surface area contributed by atoms with E-state index in [1.54, 1.807) is 19.5 Å². The number of nitrogens with zero attached hydrogens (tertiary/aromatic N) is 2. The Morgan fingerprint density at radius 2 is 1.86 bits per heavy atom. The first-order chi connectivity index (χ1) is 10.2. The first-order valence-corrected chi connectivity index (χ1v) is 6.84. The summed E-state index contributed by atoms with van der Waals surface area (Å²) >= 11 is 0. The van der Waals surface area contributed by atoms with Crippen LogP contribution in [0.1, 0.15) is 24.9 Å². The van der Waals surface area contributed by atoms with Gasteiger partial charge >= 0.3 is 0 Å². The average Bonchev–Trinajstić information content (AvgIpc) is 2.54. The third-order valence-corrected chi connectivity index (χ3v) is 3.22. The van der Waals surface area contributed by atoms with Gasteiger partial charge in [-0.2, -0.15) is 0 Å². The number of amides is 1. The second-order valence-corrected chi connectivity index (χ2v) is 4.78. The first kappa shape index (κ1) is 15.1. The molecular formula is C16H19N3O2. The van der Waals surface area contributed by atoms with Crippen LogP contribution < -0.4 is 5.32 Å². The van der Waals surface area contributed by atoms with Crippen molar-refractivity contribution in [2.45, 2.75) is 19.4 Å². The van der Waals surface area contributed by atoms with Crippen LogP contribution in [0.2, 0.25) is 0 Å². The van der Waals surface area contributed by atoms with E-state index in [2.05, 4.69) is 15.3 Å². The number of methoxy groups -OCH3 is 1. The highest BCUT2D eigenvalue weighted by atomic mass is 16.5. The smallest absolute Gasteiger partial charge is 0.222 e. The molecule has 0 saturated heterocycles. The highest BCUT2D eigenvalue weighted by molar-refractivity contribution is 5.76. The summed E-state index contributed by atoms with van der Waals surface area (Å²) < 4.78 is 4.89. The van der Waals surface area contributed by atoms with Crippen molar-refractivity contribution in [3.05, 3.63) is 48.5 Å². The molecule has 0 unspecified atom stereocenters. The first-order valence-electron chi connectivity index (χ1n) is 6.84. The van der Waals surface area contributed by atoms with E-state index in [-0.39, 0.29) is 11.9 Å². The maximum Gasteiger partial charge on any atom is 0.222 e. The molecule has 0 radical (unpaired) electrons. The Bertz CT molecular complexity index is 570. The molecule has 0 saturated carbocycles. The molecule has 0 fully saturated rings. The minimum absolute atomic E-state index is 0.00936. The van der Waals surface area contributed by atoms with Crippen LogP contribution in [0, 0.1) is 0 Å². The number of aromatic nitrogens is 2. The van der Waals surface area contributed by atoms with Crippen molar-refractivity contribution in [3.8, 4) is 11.1 Å². The van der Waals surface area contributed by atoms with Gasteiger partial charge in [0.05, 0.1) is 12.6 Å². The Hall–Kier alpha value is -2.27. The number of hydrogen-bond donors (Lipinski definition) is 1. The summed E-state index contributed by atoms with van der Waals surface area (Å²) in [5.41, 5.74) is 3.08. The van der Waals surface area contributed by atoms with Crippen molar-refractivity contribution in [2.75, 3.05) is 13.7 Å². The monoisotopic (exact) mass is 285 g/mol. The molecule has 0 bridgehead atoms. The maximum absolute atomic E-state index is 11.7. The Balaban J connectivity index is 2.00. The van der Waals surface area contributed by atoms with E-state index in [9.17, 15) is 4.79 Å². The molecule has 1 heterocycles. The lowest BCUT2D eigenvalue weighted by molar-refractivity contribution is -0.122. The van der Waals surface area contributed by atoms with E-state index < -0.39 is 0 Å². The highest BCUT2D eigenvalue weighted by Gasteiger charge is 2.09. The van der Waals surface area contributed by atoms with Crippen molar-refractivity contribution < 1.29 is 9.53 Å². The number of carbonyl (C=O) groups is 1. The topological polar surface area (TPSA) is 64.1 Å². The zero-order valence-corrected chi connectivity index (χ0v) is 12.2. The normalized spacial score (nSPS) is 11.9. The average molecular weight is 285 g/mol. The fourth-order valence-corrected chi connectivity index (χ4v) is 2.00. The number of hydrogen-bond acceptors (Lipinski definition) is 4. The number of nitrogens with one attached hydrogen (secondary N) is 1. The van der Waals surface area contributed by atoms with Crippen molar-refractivity contribution in [2.24, 2.45) is 0 Å². The van der Waals surface area contributed by atoms with E-state index in [0.29, 0.717) is 13.0 Å². The van der Waals surface area contributed by atoms with E-state index in [0.717, 1.165) is 16.7 Å². The summed E-state index contributed by atoms with van der Waals surface area (Å²) in [4.78, 5) is 19.7. The van der Waals surface area contributed by atoms with E-state index in [4.69, 9.17) is 4.74 Å². The molecule has 1 aromatic carbocycles. The zero-order valence-electron chi connectivity index (χ0n) is 12.2. The Kier molecular flexibility index (Phi) is 5.40. The van der Waals surface area contributed by atoms with Crippen LogP contribution in [0.4, 0.5) is 0 Å². The van der Waals surface area contributed by atoms with Crippen LogP contribution >= 0.6 is 0 Å². The fraction of sp³-hybridized carbons (Fsp3) is 0.312. The quantitative estimate of drug-likeness (QED) is 0.885. The lowest BCUT2D eigenvalue weighted by atomic mass is 10.0. The Morgan fingerprint density at radius 3 is 2.48 bits per heavy atom. The molecule has 21 heavy (non-hydrogen) atoms. The minimum Gasteiger partial charge on any atom is -0.384 e. The third kappa shape index (κ3) is 4.36. The van der Waals surface area contributed by atoms with Gasteiger partial charge in [0, 0.05) is 31.5 Å². The molecule has 1 atom stereocenters. The second kappa shape index (κ2) is 7.50. The molecule has 0 spiro atoms. The van der Waals surface area contributed by atoms with Gasteiger partial charge < -0.3 is 10.1 Å². The molecule has 110 valence electrons. The van der Waals surface area contributed by atoms with Gasteiger partial charge in [0.1, 0.15) is 6.33 Å². The van der Waals surface area contributed by atoms with Crippen LogP contribution in [-0.2, 0) is 9.53 Å².